The zero-order chi connectivity index (χ0) is 18.4. The Morgan fingerprint density at radius 2 is 2.15 bits per heavy atom. The van der Waals surface area contributed by atoms with Crippen molar-refractivity contribution < 1.29 is 9.59 Å². The summed E-state index contributed by atoms with van der Waals surface area (Å²) >= 11 is 1.60. The molecule has 0 radical (unpaired) electrons. The van der Waals surface area contributed by atoms with E-state index in [0.29, 0.717) is 24.7 Å². The standard InChI is InChI=1S/C19H23N5O2S/c25-18-10-24(6-3-20-18)16-11-27-17-8-21-14(7-13(16)17)19(26)22-15-9-23-4-1-12(15)2-5-23/h7-8,11-12,15H,1-6,9-10H2,(H,20,25)(H,22,26). The summed E-state index contributed by atoms with van der Waals surface area (Å²) in [5.74, 6) is 0.533. The van der Waals surface area contributed by atoms with Crippen molar-refractivity contribution in [2.45, 2.75) is 18.9 Å². The maximum Gasteiger partial charge on any atom is 0.270 e. The van der Waals surface area contributed by atoms with E-state index >= 15 is 0 Å². The monoisotopic (exact) mass is 385 g/mol. The highest BCUT2D eigenvalue weighted by Crippen LogP contribution is 2.33. The molecular formula is C19H23N5O2S. The minimum atomic E-state index is -0.0933. The van der Waals surface area contributed by atoms with Crippen molar-refractivity contribution in [2.24, 2.45) is 5.92 Å². The first-order valence-electron chi connectivity index (χ1n) is 9.59. The molecule has 2 aromatic heterocycles. The number of carbonyl (C=O) groups is 2. The van der Waals surface area contributed by atoms with Crippen LogP contribution in [0.1, 0.15) is 23.3 Å². The second-order valence-electron chi connectivity index (χ2n) is 7.68. The van der Waals surface area contributed by atoms with Crippen LogP contribution in [0.25, 0.3) is 10.1 Å². The molecule has 2 aromatic rings. The maximum absolute atomic E-state index is 12.8. The molecule has 2 bridgehead atoms. The molecule has 4 fully saturated rings. The Labute approximate surface area is 161 Å². The number of rotatable bonds is 3. The number of anilines is 1. The van der Waals surface area contributed by atoms with E-state index in [1.54, 1.807) is 17.5 Å². The molecule has 6 heterocycles. The highest BCUT2D eigenvalue weighted by Gasteiger charge is 2.35. The van der Waals surface area contributed by atoms with Crippen LogP contribution in [0.4, 0.5) is 5.69 Å². The van der Waals surface area contributed by atoms with E-state index in [-0.39, 0.29) is 17.9 Å². The van der Waals surface area contributed by atoms with E-state index in [0.717, 1.165) is 42.0 Å². The largest absolute Gasteiger partial charge is 0.359 e. The fraction of sp³-hybridized carbons (Fsp3) is 0.526. The fourth-order valence-corrected chi connectivity index (χ4v) is 5.42. The molecule has 0 saturated carbocycles. The van der Waals surface area contributed by atoms with Crippen LogP contribution in [-0.4, -0.2) is 67.0 Å². The Balaban J connectivity index is 1.38. The summed E-state index contributed by atoms with van der Waals surface area (Å²) in [6, 6.07) is 2.11. The van der Waals surface area contributed by atoms with Gasteiger partial charge in [0.05, 0.1) is 16.9 Å². The summed E-state index contributed by atoms with van der Waals surface area (Å²) in [5, 5.41) is 9.12. The van der Waals surface area contributed by atoms with E-state index in [1.807, 2.05) is 6.07 Å². The molecule has 4 aliphatic rings. The Kier molecular flexibility index (Phi) is 4.24. The number of pyridine rings is 1. The molecule has 1 unspecified atom stereocenters. The first-order chi connectivity index (χ1) is 13.2. The second-order valence-corrected chi connectivity index (χ2v) is 8.59. The lowest BCUT2D eigenvalue weighted by Gasteiger charge is -2.44. The number of nitrogens with one attached hydrogen (secondary N) is 2. The molecule has 142 valence electrons. The smallest absolute Gasteiger partial charge is 0.270 e. The topological polar surface area (TPSA) is 77.6 Å². The summed E-state index contributed by atoms with van der Waals surface area (Å²) in [4.78, 5) is 33.5. The van der Waals surface area contributed by atoms with Crippen LogP contribution in [0.5, 0.6) is 0 Å². The van der Waals surface area contributed by atoms with Crippen LogP contribution in [0.15, 0.2) is 17.6 Å². The highest BCUT2D eigenvalue weighted by molar-refractivity contribution is 7.17. The van der Waals surface area contributed by atoms with E-state index in [2.05, 4.69) is 30.8 Å². The van der Waals surface area contributed by atoms with Crippen molar-refractivity contribution in [3.8, 4) is 0 Å². The van der Waals surface area contributed by atoms with Crippen molar-refractivity contribution in [1.29, 1.82) is 0 Å². The Hall–Kier alpha value is -2.19. The lowest BCUT2D eigenvalue weighted by Crippen LogP contribution is -2.57. The maximum atomic E-state index is 12.8. The summed E-state index contributed by atoms with van der Waals surface area (Å²) in [7, 11) is 0. The molecule has 8 heteroatoms. The normalized spacial score (nSPS) is 27.6. The van der Waals surface area contributed by atoms with Crippen molar-refractivity contribution in [3.63, 3.8) is 0 Å². The Bertz CT molecular complexity index is 889. The lowest BCUT2D eigenvalue weighted by molar-refractivity contribution is -0.120. The number of fused-ring (bicyclic) bond motifs is 4. The number of aromatic nitrogens is 1. The number of piperazine rings is 1. The third-order valence-corrected chi connectivity index (χ3v) is 6.95. The van der Waals surface area contributed by atoms with Gasteiger partial charge in [-0.2, -0.15) is 0 Å². The summed E-state index contributed by atoms with van der Waals surface area (Å²) in [6.45, 7) is 5.04. The average molecular weight is 385 g/mol. The first kappa shape index (κ1) is 16.9. The minimum Gasteiger partial charge on any atom is -0.359 e. The van der Waals surface area contributed by atoms with Gasteiger partial charge in [0, 0.05) is 42.6 Å². The van der Waals surface area contributed by atoms with Crippen LogP contribution in [0.3, 0.4) is 0 Å². The van der Waals surface area contributed by atoms with Crippen LogP contribution in [0.2, 0.25) is 0 Å². The summed E-state index contributed by atoms with van der Waals surface area (Å²) < 4.78 is 1.04. The summed E-state index contributed by atoms with van der Waals surface area (Å²) in [6.07, 6.45) is 4.12. The van der Waals surface area contributed by atoms with Crippen molar-refractivity contribution in [2.75, 3.05) is 44.2 Å². The van der Waals surface area contributed by atoms with E-state index in [9.17, 15) is 9.59 Å². The van der Waals surface area contributed by atoms with Gasteiger partial charge in [-0.3, -0.25) is 9.59 Å². The Morgan fingerprint density at radius 1 is 1.30 bits per heavy atom. The predicted octanol–water partition coefficient (Wildman–Crippen LogP) is 1.06. The van der Waals surface area contributed by atoms with Crippen molar-refractivity contribution in [3.05, 3.63) is 23.3 Å². The number of amides is 2. The van der Waals surface area contributed by atoms with Gasteiger partial charge in [-0.25, -0.2) is 4.98 Å². The third-order valence-electron chi connectivity index (χ3n) is 6.03. The number of hydrogen-bond donors (Lipinski definition) is 2. The highest BCUT2D eigenvalue weighted by atomic mass is 32.1. The molecular weight excluding hydrogens is 362 g/mol. The van der Waals surface area contributed by atoms with Gasteiger partial charge < -0.3 is 20.4 Å². The molecule has 4 saturated heterocycles. The van der Waals surface area contributed by atoms with E-state index in [4.69, 9.17) is 0 Å². The van der Waals surface area contributed by atoms with Gasteiger partial charge in [-0.1, -0.05) is 0 Å². The van der Waals surface area contributed by atoms with E-state index in [1.165, 1.54) is 12.8 Å². The van der Waals surface area contributed by atoms with Crippen LogP contribution < -0.4 is 15.5 Å². The number of nitrogens with zero attached hydrogens (tertiary/aromatic N) is 3. The fourth-order valence-electron chi connectivity index (χ4n) is 4.50. The average Bonchev–Trinajstić information content (AvgIpc) is 3.12. The summed E-state index contributed by atoms with van der Waals surface area (Å²) in [5.41, 5.74) is 1.48. The van der Waals surface area contributed by atoms with Gasteiger partial charge in [0.1, 0.15) is 5.69 Å². The molecule has 1 atom stereocenters. The quantitative estimate of drug-likeness (QED) is 0.826. The van der Waals surface area contributed by atoms with Crippen LogP contribution in [-0.2, 0) is 4.79 Å². The molecule has 0 spiro atoms. The first-order valence-corrected chi connectivity index (χ1v) is 10.5. The van der Waals surface area contributed by atoms with Gasteiger partial charge in [0.2, 0.25) is 5.91 Å². The molecule has 4 aliphatic heterocycles. The van der Waals surface area contributed by atoms with Crippen molar-refractivity contribution >= 4 is 38.9 Å². The molecule has 27 heavy (non-hydrogen) atoms. The number of thiophene rings is 1. The Morgan fingerprint density at radius 3 is 2.89 bits per heavy atom. The predicted molar refractivity (Wildman–Crippen MR) is 105 cm³/mol. The number of hydrogen-bond acceptors (Lipinski definition) is 6. The van der Waals surface area contributed by atoms with Gasteiger partial charge in [-0.05, 0) is 37.9 Å². The van der Waals surface area contributed by atoms with Gasteiger partial charge in [-0.15, -0.1) is 11.3 Å². The minimum absolute atomic E-state index is 0.0370. The molecule has 6 rings (SSSR count). The zero-order valence-electron chi connectivity index (χ0n) is 15.1. The molecule has 0 aliphatic carbocycles. The van der Waals surface area contributed by atoms with Crippen LogP contribution in [0, 0.1) is 5.92 Å². The lowest BCUT2D eigenvalue weighted by atomic mass is 9.84. The van der Waals surface area contributed by atoms with Crippen molar-refractivity contribution in [1.82, 2.24) is 20.5 Å². The third kappa shape index (κ3) is 3.17. The number of piperidine rings is 3. The van der Waals surface area contributed by atoms with E-state index < -0.39 is 0 Å². The second kappa shape index (κ2) is 6.76. The van der Waals surface area contributed by atoms with Gasteiger partial charge in [0.25, 0.3) is 5.91 Å². The molecule has 2 N–H and O–H groups in total. The SMILES string of the molecule is O=C1CN(c2csc3cnc(C(=O)NC4CN5CCC4CC5)cc23)CCN1. The molecule has 0 aromatic carbocycles. The van der Waals surface area contributed by atoms with Gasteiger partial charge >= 0.3 is 0 Å². The van der Waals surface area contributed by atoms with Crippen LogP contribution >= 0.6 is 11.3 Å². The van der Waals surface area contributed by atoms with Gasteiger partial charge in [0.15, 0.2) is 0 Å². The molecule has 7 nitrogen and oxygen atoms in total. The zero-order valence-corrected chi connectivity index (χ0v) is 15.9. The molecule has 2 amide bonds. The number of carbonyl (C=O) groups excluding carboxylic acids is 2.